The van der Waals surface area contributed by atoms with Crippen molar-refractivity contribution in [1.82, 2.24) is 5.32 Å². The van der Waals surface area contributed by atoms with Crippen molar-refractivity contribution in [3.05, 3.63) is 0 Å². The van der Waals surface area contributed by atoms with Crippen LogP contribution in [0.3, 0.4) is 0 Å². The average molecular weight is 286 g/mol. The minimum atomic E-state index is 0.546. The van der Waals surface area contributed by atoms with Gasteiger partial charge >= 0.3 is 0 Å². The predicted molar refractivity (Wildman–Crippen MR) is 84.6 cm³/mol. The molecule has 0 radical (unpaired) electrons. The molecule has 4 unspecified atom stereocenters. The summed E-state index contributed by atoms with van der Waals surface area (Å²) < 4.78 is 0. The van der Waals surface area contributed by atoms with E-state index in [1.165, 1.54) is 43.1 Å². The summed E-state index contributed by atoms with van der Waals surface area (Å²) in [7, 11) is 0. The smallest absolute Gasteiger partial charge is 0.0263 e. The highest BCUT2D eigenvalue weighted by Crippen LogP contribution is 2.65. The fraction of sp³-hybridized carbons (Fsp3) is 1.00. The lowest BCUT2D eigenvalue weighted by atomic mass is 9.69. The van der Waals surface area contributed by atoms with Gasteiger partial charge in [-0.3, -0.25) is 0 Å². The van der Waals surface area contributed by atoms with Gasteiger partial charge in [0.05, 0.1) is 0 Å². The topological polar surface area (TPSA) is 12.0 Å². The molecule has 0 amide bonds. The number of nitrogens with one attached hydrogen (secondary N) is 1. The molecule has 3 aliphatic rings. The van der Waals surface area contributed by atoms with E-state index in [4.69, 9.17) is 0 Å². The van der Waals surface area contributed by atoms with Crippen LogP contribution in [-0.2, 0) is 0 Å². The third-order valence-electron chi connectivity index (χ3n) is 6.27. The molecule has 4 atom stereocenters. The largest absolute Gasteiger partial charge is 0.312 e. The second-order valence-corrected chi connectivity index (χ2v) is 9.70. The van der Waals surface area contributed by atoms with E-state index in [1.807, 2.05) is 0 Å². The van der Waals surface area contributed by atoms with Crippen molar-refractivity contribution in [3.63, 3.8) is 0 Å². The molecule has 3 heteroatoms. The van der Waals surface area contributed by atoms with Crippen LogP contribution in [0.25, 0.3) is 0 Å². The van der Waals surface area contributed by atoms with Gasteiger partial charge < -0.3 is 5.32 Å². The monoisotopic (exact) mass is 285 g/mol. The van der Waals surface area contributed by atoms with Crippen LogP contribution in [0.1, 0.15) is 40.0 Å². The number of rotatable bonds is 3. The summed E-state index contributed by atoms with van der Waals surface area (Å²) in [5.74, 6) is 5.03. The molecule has 1 nitrogen and oxygen atoms in total. The first-order valence-corrected chi connectivity index (χ1v) is 9.67. The Labute approximate surface area is 121 Å². The minimum absolute atomic E-state index is 0.546. The van der Waals surface area contributed by atoms with Crippen LogP contribution < -0.4 is 5.32 Å². The molecule has 2 bridgehead atoms. The molecule has 0 aromatic rings. The molecule has 1 saturated heterocycles. The molecule has 0 spiro atoms. The number of fused-ring (bicyclic) bond motifs is 2. The predicted octanol–water partition coefficient (Wildman–Crippen LogP) is 3.64. The Hall–Kier alpha value is 0.660. The van der Waals surface area contributed by atoms with E-state index in [1.54, 1.807) is 0 Å². The molecular weight excluding hydrogens is 258 g/mol. The fourth-order valence-electron chi connectivity index (χ4n) is 4.44. The lowest BCUT2D eigenvalue weighted by Crippen LogP contribution is -2.46. The second-order valence-electron chi connectivity index (χ2n) is 7.14. The summed E-state index contributed by atoms with van der Waals surface area (Å²) in [6.45, 7) is 8.80. The highest BCUT2D eigenvalue weighted by Gasteiger charge is 2.60. The van der Waals surface area contributed by atoms with Gasteiger partial charge in [-0.15, -0.1) is 0 Å². The van der Waals surface area contributed by atoms with Crippen LogP contribution in [0.2, 0.25) is 0 Å². The quantitative estimate of drug-likeness (QED) is 0.850. The summed E-state index contributed by atoms with van der Waals surface area (Å²) in [4.78, 5) is 0. The third kappa shape index (κ3) is 2.05. The SMILES string of the molecule is CC1(C)C2CCC1(C)C(NCC1CSCCS1)C2. The van der Waals surface area contributed by atoms with E-state index < -0.39 is 0 Å². The molecule has 3 rings (SSSR count). The Bertz CT molecular complexity index is 312. The summed E-state index contributed by atoms with van der Waals surface area (Å²) in [6.07, 6.45) is 4.33. The van der Waals surface area contributed by atoms with Gasteiger partial charge in [-0.25, -0.2) is 0 Å². The molecule has 3 fully saturated rings. The van der Waals surface area contributed by atoms with E-state index in [0.717, 1.165) is 17.2 Å². The van der Waals surface area contributed by atoms with Gasteiger partial charge in [0.25, 0.3) is 0 Å². The average Bonchev–Trinajstić information content (AvgIpc) is 2.70. The van der Waals surface area contributed by atoms with Crippen molar-refractivity contribution in [2.45, 2.75) is 51.3 Å². The lowest BCUT2D eigenvalue weighted by molar-refractivity contribution is 0.121. The van der Waals surface area contributed by atoms with Crippen LogP contribution in [0.4, 0.5) is 0 Å². The zero-order valence-corrected chi connectivity index (χ0v) is 13.6. The van der Waals surface area contributed by atoms with Gasteiger partial charge in [0.2, 0.25) is 0 Å². The molecule has 2 saturated carbocycles. The number of thioether (sulfide) groups is 2. The van der Waals surface area contributed by atoms with Gasteiger partial charge in [-0.1, -0.05) is 20.8 Å². The van der Waals surface area contributed by atoms with Crippen molar-refractivity contribution < 1.29 is 0 Å². The summed E-state index contributed by atoms with van der Waals surface area (Å²) in [5.41, 5.74) is 1.10. The van der Waals surface area contributed by atoms with Crippen LogP contribution in [0.5, 0.6) is 0 Å². The fourth-order valence-corrected chi connectivity index (χ4v) is 7.07. The van der Waals surface area contributed by atoms with Crippen molar-refractivity contribution in [1.29, 1.82) is 0 Å². The van der Waals surface area contributed by atoms with Gasteiger partial charge in [-0.05, 0) is 36.0 Å². The molecule has 1 N–H and O–H groups in total. The molecule has 1 aliphatic heterocycles. The highest BCUT2D eigenvalue weighted by molar-refractivity contribution is 8.06. The maximum Gasteiger partial charge on any atom is 0.0263 e. The standard InChI is InChI=1S/C15H27NS2/c1-14(2)11-4-5-15(14,3)13(8-11)16-9-12-10-17-6-7-18-12/h11-13,16H,4-10H2,1-3H3. The van der Waals surface area contributed by atoms with E-state index >= 15 is 0 Å². The van der Waals surface area contributed by atoms with Crippen molar-refractivity contribution >= 4 is 23.5 Å². The maximum atomic E-state index is 3.94. The first kappa shape index (κ1) is 13.6. The van der Waals surface area contributed by atoms with E-state index in [-0.39, 0.29) is 0 Å². The summed E-state index contributed by atoms with van der Waals surface area (Å²) in [5, 5.41) is 4.80. The van der Waals surface area contributed by atoms with Gasteiger partial charge in [-0.2, -0.15) is 23.5 Å². The number of hydrogen-bond acceptors (Lipinski definition) is 3. The van der Waals surface area contributed by atoms with E-state index in [9.17, 15) is 0 Å². The van der Waals surface area contributed by atoms with E-state index in [2.05, 4.69) is 49.6 Å². The molecule has 2 aliphatic carbocycles. The normalized spacial score (nSPS) is 46.5. The summed E-state index contributed by atoms with van der Waals surface area (Å²) in [6, 6.07) is 0.777. The molecule has 0 aromatic carbocycles. The first-order chi connectivity index (χ1) is 8.54. The Balaban J connectivity index is 1.58. The Morgan fingerprint density at radius 2 is 2.06 bits per heavy atom. The van der Waals surface area contributed by atoms with Crippen LogP contribution in [0.15, 0.2) is 0 Å². The van der Waals surface area contributed by atoms with Crippen LogP contribution in [0, 0.1) is 16.7 Å². The van der Waals surface area contributed by atoms with Gasteiger partial charge in [0.15, 0.2) is 0 Å². The molecule has 1 heterocycles. The molecule has 18 heavy (non-hydrogen) atoms. The van der Waals surface area contributed by atoms with Crippen molar-refractivity contribution in [2.75, 3.05) is 23.8 Å². The zero-order chi connectivity index (χ0) is 12.8. The summed E-state index contributed by atoms with van der Waals surface area (Å²) >= 11 is 4.32. The second kappa shape index (κ2) is 4.89. The van der Waals surface area contributed by atoms with Gasteiger partial charge in [0, 0.05) is 35.1 Å². The van der Waals surface area contributed by atoms with Crippen LogP contribution >= 0.6 is 23.5 Å². The Kier molecular flexibility index (Phi) is 3.70. The molecular formula is C15H27NS2. The minimum Gasteiger partial charge on any atom is -0.312 e. The van der Waals surface area contributed by atoms with Crippen molar-refractivity contribution in [2.24, 2.45) is 16.7 Å². The number of hydrogen-bond donors (Lipinski definition) is 1. The van der Waals surface area contributed by atoms with Crippen molar-refractivity contribution in [3.8, 4) is 0 Å². The zero-order valence-electron chi connectivity index (χ0n) is 12.0. The Morgan fingerprint density at radius 3 is 2.61 bits per heavy atom. The van der Waals surface area contributed by atoms with Crippen LogP contribution in [-0.4, -0.2) is 35.1 Å². The molecule has 104 valence electrons. The first-order valence-electron chi connectivity index (χ1n) is 7.47. The van der Waals surface area contributed by atoms with E-state index in [0.29, 0.717) is 10.8 Å². The Morgan fingerprint density at radius 1 is 1.22 bits per heavy atom. The lowest BCUT2D eigenvalue weighted by Gasteiger charge is -2.40. The highest BCUT2D eigenvalue weighted by atomic mass is 32.2. The van der Waals surface area contributed by atoms with Gasteiger partial charge in [0.1, 0.15) is 0 Å². The maximum absolute atomic E-state index is 3.94. The molecule has 0 aromatic heterocycles. The third-order valence-corrected chi connectivity index (χ3v) is 9.12.